The number of likely N-dealkylation sites (tertiary alicyclic amines) is 1. The number of halogens is 3. The van der Waals surface area contributed by atoms with Crippen LogP contribution in [0, 0.1) is 5.92 Å². The minimum atomic E-state index is -4.65. The van der Waals surface area contributed by atoms with Crippen LogP contribution >= 0.6 is 0 Å². The molecular formula is C16H20F3NO2. The minimum absolute atomic E-state index is 0.198. The number of carbonyl (C=O) groups excluding carboxylic acids is 1. The Morgan fingerprint density at radius 2 is 1.82 bits per heavy atom. The molecule has 0 amide bonds. The highest BCUT2D eigenvalue weighted by Gasteiger charge is 2.31. The molecule has 0 aliphatic carbocycles. The zero-order valence-electron chi connectivity index (χ0n) is 12.5. The average Bonchev–Trinajstić information content (AvgIpc) is 2.41. The molecule has 2 rings (SSSR count). The molecule has 0 atom stereocenters. The zero-order chi connectivity index (χ0) is 16.2. The molecule has 1 heterocycles. The molecule has 1 aromatic carbocycles. The molecule has 3 nitrogen and oxygen atoms in total. The molecule has 1 aliphatic heterocycles. The second kappa shape index (κ2) is 7.13. The van der Waals surface area contributed by atoms with Gasteiger partial charge in [-0.05, 0) is 56.5 Å². The fraction of sp³-hybridized carbons (Fsp3) is 0.562. The third kappa shape index (κ3) is 5.67. The van der Waals surface area contributed by atoms with Crippen molar-refractivity contribution in [3.63, 3.8) is 0 Å². The third-order valence-corrected chi connectivity index (χ3v) is 3.85. The fourth-order valence-electron chi connectivity index (χ4n) is 2.81. The van der Waals surface area contributed by atoms with Crippen LogP contribution in [0.1, 0.15) is 31.7 Å². The lowest BCUT2D eigenvalue weighted by Crippen LogP contribution is -2.33. The Morgan fingerprint density at radius 3 is 2.32 bits per heavy atom. The van der Waals surface area contributed by atoms with Crippen LogP contribution in [0.5, 0.6) is 5.75 Å². The molecule has 0 spiro atoms. The van der Waals surface area contributed by atoms with E-state index in [1.165, 1.54) is 12.1 Å². The summed E-state index contributed by atoms with van der Waals surface area (Å²) in [5, 5.41) is 0. The van der Waals surface area contributed by atoms with Crippen molar-refractivity contribution in [1.82, 2.24) is 4.90 Å². The first-order chi connectivity index (χ1) is 10.3. The van der Waals surface area contributed by atoms with E-state index in [0.29, 0.717) is 18.9 Å². The number of Topliss-reactive ketones (excluding diaryl/α,β-unsaturated/α-hetero) is 1. The van der Waals surface area contributed by atoms with E-state index in [1.54, 1.807) is 19.1 Å². The van der Waals surface area contributed by atoms with Gasteiger partial charge in [-0.15, -0.1) is 13.2 Å². The summed E-state index contributed by atoms with van der Waals surface area (Å²) in [7, 11) is 0. The van der Waals surface area contributed by atoms with E-state index in [1.807, 2.05) is 0 Å². The van der Waals surface area contributed by atoms with E-state index in [9.17, 15) is 18.0 Å². The Bertz CT molecular complexity index is 491. The van der Waals surface area contributed by atoms with Crippen molar-refractivity contribution in [2.75, 3.05) is 13.1 Å². The molecule has 0 unspecified atom stereocenters. The van der Waals surface area contributed by atoms with Crippen molar-refractivity contribution < 1.29 is 22.7 Å². The number of rotatable bonds is 5. The van der Waals surface area contributed by atoms with Gasteiger partial charge in [0.2, 0.25) is 0 Å². The van der Waals surface area contributed by atoms with Gasteiger partial charge in [-0.3, -0.25) is 4.90 Å². The van der Waals surface area contributed by atoms with Crippen LogP contribution in [-0.2, 0) is 11.3 Å². The number of hydrogen-bond donors (Lipinski definition) is 0. The van der Waals surface area contributed by atoms with Crippen molar-refractivity contribution in [3.8, 4) is 5.75 Å². The fourth-order valence-corrected chi connectivity index (χ4v) is 2.81. The number of ether oxygens (including phenoxy) is 1. The van der Waals surface area contributed by atoms with Gasteiger partial charge in [0.15, 0.2) is 0 Å². The van der Waals surface area contributed by atoms with Gasteiger partial charge in [-0.2, -0.15) is 0 Å². The highest BCUT2D eigenvalue weighted by atomic mass is 19.4. The largest absolute Gasteiger partial charge is 0.573 e. The summed E-state index contributed by atoms with van der Waals surface area (Å²) >= 11 is 0. The molecule has 22 heavy (non-hydrogen) atoms. The van der Waals surface area contributed by atoms with E-state index in [4.69, 9.17) is 0 Å². The molecule has 1 aromatic rings. The van der Waals surface area contributed by atoms with Crippen LogP contribution in [0.15, 0.2) is 24.3 Å². The summed E-state index contributed by atoms with van der Waals surface area (Å²) in [5.74, 6) is 0.506. The molecule has 0 radical (unpaired) electrons. The Kier molecular flexibility index (Phi) is 5.45. The Balaban J connectivity index is 1.81. The van der Waals surface area contributed by atoms with Crippen LogP contribution in [0.2, 0.25) is 0 Å². The van der Waals surface area contributed by atoms with Gasteiger partial charge in [0.05, 0.1) is 0 Å². The van der Waals surface area contributed by atoms with Gasteiger partial charge in [0.25, 0.3) is 0 Å². The zero-order valence-corrected chi connectivity index (χ0v) is 12.5. The summed E-state index contributed by atoms with van der Waals surface area (Å²) in [6.45, 7) is 4.16. The first-order valence-corrected chi connectivity index (χ1v) is 7.38. The molecular weight excluding hydrogens is 295 g/mol. The van der Waals surface area contributed by atoms with Crippen LogP contribution in [-0.4, -0.2) is 30.1 Å². The SMILES string of the molecule is CC(=O)CC1CCN(Cc2ccc(OC(F)(F)F)cc2)CC1. The van der Waals surface area contributed by atoms with Crippen LogP contribution in [0.3, 0.4) is 0 Å². The topological polar surface area (TPSA) is 29.5 Å². The molecule has 6 heteroatoms. The summed E-state index contributed by atoms with van der Waals surface area (Å²) in [5.41, 5.74) is 0.958. The van der Waals surface area contributed by atoms with E-state index in [-0.39, 0.29) is 11.5 Å². The highest BCUT2D eigenvalue weighted by Crippen LogP contribution is 2.25. The summed E-state index contributed by atoms with van der Waals surface area (Å²) < 4.78 is 40.1. The lowest BCUT2D eigenvalue weighted by Gasteiger charge is -2.31. The first-order valence-electron chi connectivity index (χ1n) is 7.38. The van der Waals surface area contributed by atoms with Crippen molar-refractivity contribution in [2.24, 2.45) is 5.92 Å². The maximum absolute atomic E-state index is 12.1. The first kappa shape index (κ1) is 16.8. The molecule has 0 N–H and O–H groups in total. The predicted octanol–water partition coefficient (Wildman–Crippen LogP) is 3.78. The lowest BCUT2D eigenvalue weighted by atomic mass is 9.92. The number of hydrogen-bond acceptors (Lipinski definition) is 3. The predicted molar refractivity (Wildman–Crippen MR) is 76.4 cm³/mol. The van der Waals surface area contributed by atoms with Gasteiger partial charge in [-0.25, -0.2) is 0 Å². The molecule has 0 aromatic heterocycles. The number of nitrogens with zero attached hydrogens (tertiary/aromatic N) is 1. The van der Waals surface area contributed by atoms with E-state index >= 15 is 0 Å². The molecule has 0 bridgehead atoms. The van der Waals surface area contributed by atoms with Gasteiger partial charge in [0.1, 0.15) is 11.5 Å². The third-order valence-electron chi connectivity index (χ3n) is 3.85. The molecule has 1 saturated heterocycles. The Hall–Kier alpha value is -1.56. The van der Waals surface area contributed by atoms with Gasteiger partial charge in [0, 0.05) is 13.0 Å². The number of ketones is 1. The Labute approximate surface area is 128 Å². The number of carbonyl (C=O) groups is 1. The monoisotopic (exact) mass is 315 g/mol. The normalized spacial score (nSPS) is 17.5. The van der Waals surface area contributed by atoms with E-state index in [2.05, 4.69) is 9.64 Å². The summed E-state index contributed by atoms with van der Waals surface area (Å²) in [4.78, 5) is 13.4. The second-order valence-electron chi connectivity index (χ2n) is 5.82. The van der Waals surface area contributed by atoms with Gasteiger partial charge >= 0.3 is 6.36 Å². The van der Waals surface area contributed by atoms with Crippen molar-refractivity contribution >= 4 is 5.78 Å². The van der Waals surface area contributed by atoms with Crippen LogP contribution in [0.25, 0.3) is 0 Å². The minimum Gasteiger partial charge on any atom is -0.406 e. The molecule has 1 aliphatic rings. The van der Waals surface area contributed by atoms with Crippen molar-refractivity contribution in [3.05, 3.63) is 29.8 Å². The molecule has 122 valence electrons. The Morgan fingerprint density at radius 1 is 1.23 bits per heavy atom. The smallest absolute Gasteiger partial charge is 0.406 e. The maximum Gasteiger partial charge on any atom is 0.573 e. The number of alkyl halides is 3. The maximum atomic E-state index is 12.1. The lowest BCUT2D eigenvalue weighted by molar-refractivity contribution is -0.274. The van der Waals surface area contributed by atoms with Crippen LogP contribution < -0.4 is 4.74 Å². The summed E-state index contributed by atoms with van der Waals surface area (Å²) in [6.07, 6.45) is -2.01. The standard InChI is InChI=1S/C16H20F3NO2/c1-12(21)10-13-6-8-20(9-7-13)11-14-2-4-15(5-3-14)22-16(17,18)19/h2-5,13H,6-11H2,1H3. The van der Waals surface area contributed by atoms with Crippen LogP contribution in [0.4, 0.5) is 13.2 Å². The van der Waals surface area contributed by atoms with E-state index < -0.39 is 6.36 Å². The molecule has 1 fully saturated rings. The highest BCUT2D eigenvalue weighted by molar-refractivity contribution is 5.75. The number of piperidine rings is 1. The molecule has 0 saturated carbocycles. The number of benzene rings is 1. The van der Waals surface area contributed by atoms with Crippen molar-refractivity contribution in [1.29, 1.82) is 0 Å². The van der Waals surface area contributed by atoms with Gasteiger partial charge < -0.3 is 9.53 Å². The summed E-state index contributed by atoms with van der Waals surface area (Å²) in [6, 6.07) is 5.99. The van der Waals surface area contributed by atoms with E-state index in [0.717, 1.165) is 31.5 Å². The van der Waals surface area contributed by atoms with Gasteiger partial charge in [-0.1, -0.05) is 12.1 Å². The second-order valence-corrected chi connectivity index (χ2v) is 5.82. The van der Waals surface area contributed by atoms with Crippen molar-refractivity contribution in [2.45, 2.75) is 39.1 Å². The average molecular weight is 315 g/mol. The quantitative estimate of drug-likeness (QED) is 0.828.